The van der Waals surface area contributed by atoms with Crippen LogP contribution in [0.25, 0.3) is 16.8 Å². The summed E-state index contributed by atoms with van der Waals surface area (Å²) < 4.78 is 42.7. The van der Waals surface area contributed by atoms with E-state index in [9.17, 15) is 22.8 Å². The van der Waals surface area contributed by atoms with Gasteiger partial charge in [-0.15, -0.1) is 0 Å². The molecule has 0 bridgehead atoms. The summed E-state index contributed by atoms with van der Waals surface area (Å²) in [6.07, 6.45) is 2.28. The molecule has 0 spiro atoms. The fourth-order valence-electron chi connectivity index (χ4n) is 5.40. The minimum atomic E-state index is -2.84. The maximum absolute atomic E-state index is 13.8. The fraction of sp³-hybridized carbons (Fsp3) is 0.480. The van der Waals surface area contributed by atoms with E-state index >= 15 is 0 Å². The first-order valence-electron chi connectivity index (χ1n) is 12.2. The van der Waals surface area contributed by atoms with Crippen LogP contribution in [0.3, 0.4) is 0 Å². The molecule has 0 radical (unpaired) electrons. The summed E-state index contributed by atoms with van der Waals surface area (Å²) >= 11 is 0. The lowest BCUT2D eigenvalue weighted by Crippen LogP contribution is -2.42. The molecule has 2 fully saturated rings. The third kappa shape index (κ3) is 4.60. The molecule has 1 aliphatic heterocycles. The number of nitrogens with two attached hydrogens (primary N) is 1. The molecule has 9 nitrogen and oxygen atoms in total. The average molecular weight is 516 g/mol. The van der Waals surface area contributed by atoms with Gasteiger partial charge in [0, 0.05) is 49.5 Å². The number of aryl methyl sites for hydroxylation is 2. The number of fused-ring (bicyclic) bond motifs is 1. The van der Waals surface area contributed by atoms with Crippen LogP contribution < -0.4 is 11.1 Å². The molecule has 1 saturated heterocycles. The predicted octanol–water partition coefficient (Wildman–Crippen LogP) is 2.95. The summed E-state index contributed by atoms with van der Waals surface area (Å²) in [6, 6.07) is 2.91. The SMILES string of the molecule is Cc1ncc(-c2cc(C)c3c(N)ncnn23)cc1C(=O)NC1CN(C(=O)C2CCC(F)(F)C2)C[C@@H]1CF. The molecule has 1 saturated carbocycles. The highest BCUT2D eigenvalue weighted by Crippen LogP contribution is 2.40. The summed E-state index contributed by atoms with van der Waals surface area (Å²) in [6.45, 7) is 2.98. The highest BCUT2D eigenvalue weighted by molar-refractivity contribution is 5.96. The van der Waals surface area contributed by atoms with Crippen molar-refractivity contribution in [3.8, 4) is 11.3 Å². The van der Waals surface area contributed by atoms with Crippen molar-refractivity contribution < 1.29 is 22.8 Å². The number of anilines is 1. The lowest BCUT2D eigenvalue weighted by atomic mass is 10.0. The number of rotatable bonds is 5. The maximum Gasteiger partial charge on any atom is 0.253 e. The Kier molecular flexibility index (Phi) is 6.28. The number of hydrogen-bond acceptors (Lipinski definition) is 6. The van der Waals surface area contributed by atoms with E-state index in [2.05, 4.69) is 20.4 Å². The molecule has 4 heterocycles. The smallest absolute Gasteiger partial charge is 0.253 e. The molecule has 12 heteroatoms. The topological polar surface area (TPSA) is 119 Å². The second-order valence-electron chi connectivity index (χ2n) is 10.0. The number of halogens is 3. The van der Waals surface area contributed by atoms with Crippen LogP contribution in [-0.4, -0.2) is 68.0 Å². The lowest BCUT2D eigenvalue weighted by molar-refractivity contribution is -0.135. The van der Waals surface area contributed by atoms with E-state index in [4.69, 9.17) is 5.73 Å². The number of likely N-dealkylation sites (tertiary alicyclic amines) is 1. The second kappa shape index (κ2) is 9.31. The summed E-state index contributed by atoms with van der Waals surface area (Å²) in [5.74, 6) is -4.76. The third-order valence-electron chi connectivity index (χ3n) is 7.42. The van der Waals surface area contributed by atoms with Crippen molar-refractivity contribution >= 4 is 23.1 Å². The Labute approximate surface area is 211 Å². The highest BCUT2D eigenvalue weighted by Gasteiger charge is 2.46. The zero-order valence-corrected chi connectivity index (χ0v) is 20.5. The molecule has 2 amide bonds. The maximum atomic E-state index is 13.8. The zero-order chi connectivity index (χ0) is 26.5. The first kappa shape index (κ1) is 25.0. The van der Waals surface area contributed by atoms with Gasteiger partial charge in [0.05, 0.1) is 29.7 Å². The minimum absolute atomic E-state index is 0.0755. The molecule has 0 aromatic carbocycles. The van der Waals surface area contributed by atoms with Gasteiger partial charge in [0.1, 0.15) is 11.8 Å². The number of aromatic nitrogens is 4. The molecule has 3 N–H and O–H groups in total. The van der Waals surface area contributed by atoms with E-state index in [-0.39, 0.29) is 25.9 Å². The van der Waals surface area contributed by atoms with Crippen molar-refractivity contribution in [2.45, 2.75) is 45.1 Å². The average Bonchev–Trinajstić information content (AvgIpc) is 3.54. The van der Waals surface area contributed by atoms with E-state index in [0.717, 1.165) is 5.56 Å². The van der Waals surface area contributed by atoms with Crippen molar-refractivity contribution in [3.63, 3.8) is 0 Å². The van der Waals surface area contributed by atoms with E-state index in [1.165, 1.54) is 11.2 Å². The van der Waals surface area contributed by atoms with Crippen LogP contribution >= 0.6 is 0 Å². The summed E-state index contributed by atoms with van der Waals surface area (Å²) in [5.41, 5.74) is 9.60. The Bertz CT molecular complexity index is 1380. The van der Waals surface area contributed by atoms with Crippen LogP contribution in [0.5, 0.6) is 0 Å². The molecule has 37 heavy (non-hydrogen) atoms. The van der Waals surface area contributed by atoms with Gasteiger partial charge in [-0.25, -0.2) is 18.3 Å². The van der Waals surface area contributed by atoms with Crippen molar-refractivity contribution in [2.75, 3.05) is 25.5 Å². The number of hydrogen-bond donors (Lipinski definition) is 2. The van der Waals surface area contributed by atoms with E-state index in [1.54, 1.807) is 23.7 Å². The standard InChI is InChI=1S/C25H28F3N7O2/c1-13-5-20(35-21(13)22(29)31-12-32-35)16-6-18(14(2)30-9-16)23(36)33-19-11-34(10-17(19)8-26)24(37)15-3-4-25(27,28)7-15/h5-6,9,12,15,17,19H,3-4,7-8,10-11H2,1-2H3,(H,33,36)(H2,29,31,32)/t15?,17-,19?/m0/s1. The first-order chi connectivity index (χ1) is 17.6. The van der Waals surface area contributed by atoms with Gasteiger partial charge in [-0.3, -0.25) is 19.0 Å². The monoisotopic (exact) mass is 515 g/mol. The van der Waals surface area contributed by atoms with E-state index in [0.29, 0.717) is 33.8 Å². The second-order valence-corrected chi connectivity index (χ2v) is 10.0. The van der Waals surface area contributed by atoms with Crippen LogP contribution in [0, 0.1) is 25.7 Å². The normalized spacial score (nSPS) is 23.1. The molecular formula is C25H28F3N7O2. The molecule has 5 rings (SSSR count). The number of nitrogen functional groups attached to an aromatic ring is 1. The molecule has 196 valence electrons. The van der Waals surface area contributed by atoms with Gasteiger partial charge in [-0.2, -0.15) is 5.10 Å². The number of alkyl halides is 3. The van der Waals surface area contributed by atoms with Crippen LogP contribution in [0.1, 0.15) is 40.9 Å². The quantitative estimate of drug-likeness (QED) is 0.540. The number of pyridine rings is 1. The van der Waals surface area contributed by atoms with Crippen LogP contribution in [0.4, 0.5) is 19.0 Å². The van der Waals surface area contributed by atoms with Crippen molar-refractivity contribution in [1.82, 2.24) is 29.8 Å². The highest BCUT2D eigenvalue weighted by atomic mass is 19.3. The molecule has 3 aromatic rings. The molecule has 3 atom stereocenters. The summed E-state index contributed by atoms with van der Waals surface area (Å²) in [7, 11) is 0. The Balaban J connectivity index is 1.35. The van der Waals surface area contributed by atoms with Gasteiger partial charge >= 0.3 is 0 Å². The van der Waals surface area contributed by atoms with Crippen molar-refractivity contribution in [1.29, 1.82) is 0 Å². The molecule has 2 aliphatic rings. The summed E-state index contributed by atoms with van der Waals surface area (Å²) in [4.78, 5) is 35.9. The number of carbonyl (C=O) groups excluding carboxylic acids is 2. The number of amides is 2. The molecule has 1 aliphatic carbocycles. The van der Waals surface area contributed by atoms with Crippen LogP contribution in [0.15, 0.2) is 24.7 Å². The predicted molar refractivity (Wildman–Crippen MR) is 130 cm³/mol. The van der Waals surface area contributed by atoms with Gasteiger partial charge in [-0.05, 0) is 38.0 Å². The Hall–Kier alpha value is -3.70. The molecule has 3 aromatic heterocycles. The van der Waals surface area contributed by atoms with Crippen LogP contribution in [-0.2, 0) is 4.79 Å². The lowest BCUT2D eigenvalue weighted by Gasteiger charge is -2.21. The number of nitrogens with one attached hydrogen (secondary N) is 1. The Morgan fingerprint density at radius 2 is 2.00 bits per heavy atom. The van der Waals surface area contributed by atoms with Gasteiger partial charge in [0.15, 0.2) is 5.82 Å². The van der Waals surface area contributed by atoms with Gasteiger partial charge in [0.25, 0.3) is 5.91 Å². The first-order valence-corrected chi connectivity index (χ1v) is 12.2. The van der Waals surface area contributed by atoms with E-state index in [1.807, 2.05) is 13.0 Å². The van der Waals surface area contributed by atoms with Crippen molar-refractivity contribution in [2.24, 2.45) is 11.8 Å². The molecule has 2 unspecified atom stereocenters. The Morgan fingerprint density at radius 3 is 2.70 bits per heavy atom. The fourth-order valence-corrected chi connectivity index (χ4v) is 5.40. The number of carbonyl (C=O) groups is 2. The Morgan fingerprint density at radius 1 is 1.22 bits per heavy atom. The van der Waals surface area contributed by atoms with Crippen LogP contribution in [0.2, 0.25) is 0 Å². The minimum Gasteiger partial charge on any atom is -0.382 e. The van der Waals surface area contributed by atoms with Gasteiger partial charge in [0.2, 0.25) is 11.8 Å². The zero-order valence-electron chi connectivity index (χ0n) is 20.5. The molecular weight excluding hydrogens is 487 g/mol. The van der Waals surface area contributed by atoms with Crippen molar-refractivity contribution in [3.05, 3.63) is 41.5 Å². The van der Waals surface area contributed by atoms with Gasteiger partial charge in [-0.1, -0.05) is 0 Å². The van der Waals surface area contributed by atoms with E-state index < -0.39 is 48.7 Å². The third-order valence-corrected chi connectivity index (χ3v) is 7.42. The van der Waals surface area contributed by atoms with Gasteiger partial charge < -0.3 is 16.0 Å². The largest absolute Gasteiger partial charge is 0.382 e. The number of nitrogens with zero attached hydrogens (tertiary/aromatic N) is 5. The summed E-state index contributed by atoms with van der Waals surface area (Å²) in [5, 5.41) is 7.12.